The highest BCUT2D eigenvalue weighted by atomic mass is 16.5. The third kappa shape index (κ3) is 3.17. The summed E-state index contributed by atoms with van der Waals surface area (Å²) < 4.78 is 5.36. The highest BCUT2D eigenvalue weighted by Crippen LogP contribution is 2.13. The van der Waals surface area contributed by atoms with Crippen LogP contribution in [0.3, 0.4) is 0 Å². The fraction of sp³-hybridized carbons (Fsp3) is 0.500. The topological polar surface area (TPSA) is 77.2 Å². The van der Waals surface area contributed by atoms with Gasteiger partial charge >= 0.3 is 0 Å². The predicted octanol–water partition coefficient (Wildman–Crippen LogP) is 0.820. The molecule has 3 N–H and O–H groups in total. The number of carbonyl (C=O) groups excluding carboxylic acids is 1. The first-order valence-corrected chi connectivity index (χ1v) is 5.83. The molecule has 1 aromatic rings. The van der Waals surface area contributed by atoms with Crippen LogP contribution in [-0.4, -0.2) is 30.6 Å². The van der Waals surface area contributed by atoms with Crippen LogP contribution < -0.4 is 11.1 Å². The number of ether oxygens (including phenoxy) is 1. The largest absolute Gasteiger partial charge is 0.397 e. The summed E-state index contributed by atoms with van der Waals surface area (Å²) in [5.41, 5.74) is 6.57. The fourth-order valence-electron chi connectivity index (χ4n) is 1.91. The summed E-state index contributed by atoms with van der Waals surface area (Å²) in [5.74, 6) is 0.270. The Hall–Kier alpha value is -1.62. The maximum Gasteiger partial charge on any atom is 0.253 e. The van der Waals surface area contributed by atoms with Crippen LogP contribution in [0.2, 0.25) is 0 Å². The Morgan fingerprint density at radius 1 is 1.65 bits per heavy atom. The Morgan fingerprint density at radius 3 is 3.24 bits per heavy atom. The van der Waals surface area contributed by atoms with Crippen molar-refractivity contribution in [2.45, 2.75) is 12.8 Å². The van der Waals surface area contributed by atoms with E-state index in [0.29, 0.717) is 23.7 Å². The summed E-state index contributed by atoms with van der Waals surface area (Å²) in [6.45, 7) is 2.20. The van der Waals surface area contributed by atoms with E-state index in [4.69, 9.17) is 10.5 Å². The number of hydrogen-bond acceptors (Lipinski definition) is 4. The fourth-order valence-corrected chi connectivity index (χ4v) is 1.91. The monoisotopic (exact) mass is 235 g/mol. The minimum Gasteiger partial charge on any atom is -0.397 e. The van der Waals surface area contributed by atoms with Gasteiger partial charge in [-0.05, 0) is 24.8 Å². The lowest BCUT2D eigenvalue weighted by Gasteiger charge is -2.22. The maximum atomic E-state index is 11.8. The average molecular weight is 235 g/mol. The van der Waals surface area contributed by atoms with Crippen molar-refractivity contribution in [2.24, 2.45) is 5.92 Å². The lowest BCUT2D eigenvalue weighted by Crippen LogP contribution is -2.33. The molecule has 0 saturated carbocycles. The van der Waals surface area contributed by atoms with Gasteiger partial charge in [0.15, 0.2) is 0 Å². The van der Waals surface area contributed by atoms with Crippen molar-refractivity contribution in [1.82, 2.24) is 10.3 Å². The summed E-state index contributed by atoms with van der Waals surface area (Å²) in [7, 11) is 0. The van der Waals surface area contributed by atoms with Crippen LogP contribution in [-0.2, 0) is 4.74 Å². The maximum absolute atomic E-state index is 11.8. The van der Waals surface area contributed by atoms with E-state index in [9.17, 15) is 4.79 Å². The van der Waals surface area contributed by atoms with Gasteiger partial charge < -0.3 is 15.8 Å². The number of anilines is 1. The Balaban J connectivity index is 1.87. The molecule has 1 aromatic heterocycles. The molecule has 2 rings (SSSR count). The highest BCUT2D eigenvalue weighted by Gasteiger charge is 2.16. The number of nitrogens with two attached hydrogens (primary N) is 1. The molecule has 1 saturated heterocycles. The number of hydrogen-bond donors (Lipinski definition) is 2. The van der Waals surface area contributed by atoms with E-state index >= 15 is 0 Å². The smallest absolute Gasteiger partial charge is 0.253 e. The molecule has 0 radical (unpaired) electrons. The van der Waals surface area contributed by atoms with Crippen LogP contribution in [0.4, 0.5) is 5.69 Å². The van der Waals surface area contributed by atoms with Crippen LogP contribution in [0.25, 0.3) is 0 Å². The van der Waals surface area contributed by atoms with E-state index in [1.165, 1.54) is 6.20 Å². The van der Waals surface area contributed by atoms with Gasteiger partial charge in [-0.1, -0.05) is 0 Å². The molecule has 5 heteroatoms. The van der Waals surface area contributed by atoms with Crippen molar-refractivity contribution < 1.29 is 9.53 Å². The summed E-state index contributed by atoms with van der Waals surface area (Å²) in [6, 6.07) is 1.63. The third-order valence-corrected chi connectivity index (χ3v) is 2.90. The first-order chi connectivity index (χ1) is 8.27. The molecule has 0 aromatic carbocycles. The Morgan fingerprint density at radius 2 is 2.53 bits per heavy atom. The molecule has 17 heavy (non-hydrogen) atoms. The molecule has 92 valence electrons. The molecule has 5 nitrogen and oxygen atoms in total. The standard InChI is InChI=1S/C12H17N3O2/c13-11-7-14-4-3-10(11)12(16)15-6-9-2-1-5-17-8-9/h3-4,7,9H,1-2,5-6,8,13H2,(H,15,16). The van der Waals surface area contributed by atoms with Crippen LogP contribution >= 0.6 is 0 Å². The number of rotatable bonds is 3. The third-order valence-electron chi connectivity index (χ3n) is 2.90. The van der Waals surface area contributed by atoms with Gasteiger partial charge in [-0.3, -0.25) is 9.78 Å². The van der Waals surface area contributed by atoms with E-state index in [1.54, 1.807) is 12.3 Å². The predicted molar refractivity (Wildman–Crippen MR) is 64.5 cm³/mol. The average Bonchev–Trinajstić information content (AvgIpc) is 2.38. The van der Waals surface area contributed by atoms with Gasteiger partial charge in [0.1, 0.15) is 0 Å². The van der Waals surface area contributed by atoms with Gasteiger partial charge in [-0.2, -0.15) is 0 Å². The number of nitrogen functional groups attached to an aromatic ring is 1. The molecule has 1 fully saturated rings. The molecule has 0 aliphatic carbocycles. The van der Waals surface area contributed by atoms with Crippen molar-refractivity contribution >= 4 is 11.6 Å². The zero-order chi connectivity index (χ0) is 12.1. The molecule has 0 spiro atoms. The lowest BCUT2D eigenvalue weighted by molar-refractivity contribution is 0.0536. The second-order valence-electron chi connectivity index (χ2n) is 4.26. The van der Waals surface area contributed by atoms with E-state index in [-0.39, 0.29) is 5.91 Å². The molecular formula is C12H17N3O2. The van der Waals surface area contributed by atoms with Crippen molar-refractivity contribution in [3.05, 3.63) is 24.0 Å². The first-order valence-electron chi connectivity index (χ1n) is 5.83. The minimum absolute atomic E-state index is 0.143. The number of nitrogens with zero attached hydrogens (tertiary/aromatic N) is 1. The number of amides is 1. The van der Waals surface area contributed by atoms with E-state index < -0.39 is 0 Å². The normalized spacial score (nSPS) is 19.9. The molecule has 0 bridgehead atoms. The van der Waals surface area contributed by atoms with E-state index in [1.807, 2.05) is 0 Å². The van der Waals surface area contributed by atoms with Gasteiger partial charge in [0.05, 0.1) is 24.1 Å². The van der Waals surface area contributed by atoms with Crippen LogP contribution in [0.15, 0.2) is 18.5 Å². The van der Waals surface area contributed by atoms with Gasteiger partial charge in [-0.15, -0.1) is 0 Å². The van der Waals surface area contributed by atoms with Crippen LogP contribution in [0.5, 0.6) is 0 Å². The zero-order valence-corrected chi connectivity index (χ0v) is 9.69. The van der Waals surface area contributed by atoms with Crippen molar-refractivity contribution in [3.8, 4) is 0 Å². The highest BCUT2D eigenvalue weighted by molar-refractivity contribution is 5.98. The second-order valence-corrected chi connectivity index (χ2v) is 4.26. The molecule has 1 amide bonds. The summed E-state index contributed by atoms with van der Waals surface area (Å²) in [5, 5.41) is 2.88. The number of aromatic nitrogens is 1. The summed E-state index contributed by atoms with van der Waals surface area (Å²) >= 11 is 0. The Labute approximate surface area is 100 Å². The molecule has 1 unspecified atom stereocenters. The van der Waals surface area contributed by atoms with Gasteiger partial charge in [0.2, 0.25) is 0 Å². The number of nitrogens with one attached hydrogen (secondary N) is 1. The van der Waals surface area contributed by atoms with Crippen molar-refractivity contribution in [1.29, 1.82) is 0 Å². The Bertz CT molecular complexity index is 389. The van der Waals surface area contributed by atoms with Crippen LogP contribution in [0.1, 0.15) is 23.2 Å². The molecular weight excluding hydrogens is 218 g/mol. The number of carbonyl (C=O) groups is 1. The van der Waals surface area contributed by atoms with Crippen LogP contribution in [0, 0.1) is 5.92 Å². The quantitative estimate of drug-likeness (QED) is 0.813. The van der Waals surface area contributed by atoms with E-state index in [2.05, 4.69) is 10.3 Å². The molecule has 1 aliphatic rings. The lowest BCUT2D eigenvalue weighted by atomic mass is 10.0. The minimum atomic E-state index is -0.143. The zero-order valence-electron chi connectivity index (χ0n) is 9.69. The molecule has 1 atom stereocenters. The molecule has 1 aliphatic heterocycles. The second kappa shape index (κ2) is 5.63. The van der Waals surface area contributed by atoms with Crippen molar-refractivity contribution in [2.75, 3.05) is 25.5 Å². The SMILES string of the molecule is Nc1cnccc1C(=O)NCC1CCCOC1. The Kier molecular flexibility index (Phi) is 3.93. The van der Waals surface area contributed by atoms with Gasteiger partial charge in [0, 0.05) is 19.3 Å². The summed E-state index contributed by atoms with van der Waals surface area (Å²) in [6.07, 6.45) is 5.22. The number of pyridine rings is 1. The van der Waals surface area contributed by atoms with Gasteiger partial charge in [-0.25, -0.2) is 0 Å². The summed E-state index contributed by atoms with van der Waals surface area (Å²) in [4.78, 5) is 15.7. The molecule has 2 heterocycles. The van der Waals surface area contributed by atoms with Crippen molar-refractivity contribution in [3.63, 3.8) is 0 Å². The first kappa shape index (κ1) is 11.9. The van der Waals surface area contributed by atoms with Gasteiger partial charge in [0.25, 0.3) is 5.91 Å². The van der Waals surface area contributed by atoms with E-state index in [0.717, 1.165) is 26.1 Å².